The summed E-state index contributed by atoms with van der Waals surface area (Å²) in [5, 5.41) is 10.6. The van der Waals surface area contributed by atoms with Crippen LogP contribution < -0.4 is 11.2 Å². The Balaban J connectivity index is 2.44. The predicted octanol–water partition coefficient (Wildman–Crippen LogP) is 1.20. The Hall–Kier alpha value is -2.67. The van der Waals surface area contributed by atoms with E-state index in [1.54, 1.807) is 0 Å². The summed E-state index contributed by atoms with van der Waals surface area (Å²) in [5.74, 6) is -0.339. The SMILES string of the molecule is CCC(=NCC[N+](C)(C)C)c1c(O)n(Cc2ccccc2)c(=O)[nH]c1=O. The molecular weight excluding hydrogens is 332 g/mol. The summed E-state index contributed by atoms with van der Waals surface area (Å²) in [4.78, 5) is 31.3. The zero-order chi connectivity index (χ0) is 19.3. The molecule has 0 atom stereocenters. The lowest BCUT2D eigenvalue weighted by atomic mass is 10.1. The maximum atomic E-state index is 12.3. The quantitative estimate of drug-likeness (QED) is 0.575. The van der Waals surface area contributed by atoms with E-state index in [0.29, 0.717) is 18.7 Å². The van der Waals surface area contributed by atoms with Crippen molar-refractivity contribution in [2.75, 3.05) is 34.2 Å². The molecule has 0 saturated carbocycles. The third-order valence-corrected chi connectivity index (χ3v) is 4.05. The minimum atomic E-state index is -0.637. The number of quaternary nitrogens is 1. The van der Waals surface area contributed by atoms with Gasteiger partial charge in [-0.05, 0) is 12.0 Å². The fourth-order valence-electron chi connectivity index (χ4n) is 2.59. The third-order valence-electron chi connectivity index (χ3n) is 4.05. The molecule has 140 valence electrons. The molecule has 0 fully saturated rings. The van der Waals surface area contributed by atoms with Gasteiger partial charge in [-0.1, -0.05) is 37.3 Å². The van der Waals surface area contributed by atoms with E-state index in [4.69, 9.17) is 0 Å². The molecule has 1 aromatic heterocycles. The lowest BCUT2D eigenvalue weighted by Crippen LogP contribution is -2.37. The lowest BCUT2D eigenvalue weighted by Gasteiger charge is -2.22. The number of aromatic hydroxyl groups is 1. The van der Waals surface area contributed by atoms with E-state index >= 15 is 0 Å². The highest BCUT2D eigenvalue weighted by molar-refractivity contribution is 6.01. The summed E-state index contributed by atoms with van der Waals surface area (Å²) in [6.45, 7) is 3.37. The van der Waals surface area contributed by atoms with E-state index in [-0.39, 0.29) is 18.0 Å². The molecule has 7 heteroatoms. The molecule has 0 aliphatic carbocycles. The Morgan fingerprint density at radius 1 is 1.19 bits per heavy atom. The lowest BCUT2D eigenvalue weighted by molar-refractivity contribution is -0.868. The fourth-order valence-corrected chi connectivity index (χ4v) is 2.59. The van der Waals surface area contributed by atoms with Crippen LogP contribution in [0.1, 0.15) is 24.5 Å². The van der Waals surface area contributed by atoms with Crippen molar-refractivity contribution in [3.8, 4) is 5.88 Å². The van der Waals surface area contributed by atoms with Gasteiger partial charge in [0.1, 0.15) is 5.56 Å². The van der Waals surface area contributed by atoms with E-state index < -0.39 is 11.2 Å². The summed E-state index contributed by atoms with van der Waals surface area (Å²) in [6, 6.07) is 9.29. The number of benzene rings is 1. The van der Waals surface area contributed by atoms with Gasteiger partial charge in [0.15, 0.2) is 0 Å². The topological polar surface area (TPSA) is 87.4 Å². The minimum Gasteiger partial charge on any atom is -0.494 e. The second kappa shape index (κ2) is 8.14. The molecule has 0 amide bonds. The summed E-state index contributed by atoms with van der Waals surface area (Å²) in [6.07, 6.45) is 0.483. The Labute approximate surface area is 152 Å². The van der Waals surface area contributed by atoms with Crippen LogP contribution in [0.3, 0.4) is 0 Å². The van der Waals surface area contributed by atoms with Gasteiger partial charge in [-0.2, -0.15) is 0 Å². The number of rotatable bonds is 7. The monoisotopic (exact) mass is 359 g/mol. The first-order chi connectivity index (χ1) is 12.2. The number of aliphatic imine (C=N–C) groups is 1. The highest BCUT2D eigenvalue weighted by Gasteiger charge is 2.18. The predicted molar refractivity (Wildman–Crippen MR) is 103 cm³/mol. The molecule has 0 unspecified atom stereocenters. The molecule has 0 bridgehead atoms. The molecule has 2 aromatic rings. The molecule has 7 nitrogen and oxygen atoms in total. The largest absolute Gasteiger partial charge is 0.494 e. The third kappa shape index (κ3) is 4.92. The number of aromatic nitrogens is 2. The molecule has 2 rings (SSSR count). The Kier molecular flexibility index (Phi) is 6.15. The summed E-state index contributed by atoms with van der Waals surface area (Å²) < 4.78 is 1.91. The number of H-pyrrole nitrogens is 1. The Morgan fingerprint density at radius 3 is 2.42 bits per heavy atom. The molecule has 26 heavy (non-hydrogen) atoms. The van der Waals surface area contributed by atoms with Crippen LogP contribution in [0.25, 0.3) is 0 Å². The van der Waals surface area contributed by atoms with Crippen molar-refractivity contribution in [2.45, 2.75) is 19.9 Å². The number of likely N-dealkylation sites (N-methyl/N-ethyl adjacent to an activating group) is 1. The molecular formula is C19H27N4O3+. The van der Waals surface area contributed by atoms with E-state index in [2.05, 4.69) is 31.1 Å². The van der Waals surface area contributed by atoms with Crippen molar-refractivity contribution in [1.82, 2.24) is 9.55 Å². The Bertz CT molecular complexity index is 890. The van der Waals surface area contributed by atoms with Gasteiger partial charge < -0.3 is 9.59 Å². The van der Waals surface area contributed by atoms with Crippen LogP contribution >= 0.6 is 0 Å². The number of nitrogens with zero attached hydrogens (tertiary/aromatic N) is 3. The van der Waals surface area contributed by atoms with Crippen LogP contribution in [-0.2, 0) is 6.54 Å². The van der Waals surface area contributed by atoms with Gasteiger partial charge in [-0.3, -0.25) is 19.3 Å². The van der Waals surface area contributed by atoms with Gasteiger partial charge >= 0.3 is 5.69 Å². The first kappa shape index (κ1) is 19.7. The van der Waals surface area contributed by atoms with Crippen LogP contribution in [0.2, 0.25) is 0 Å². The first-order valence-corrected chi connectivity index (χ1v) is 8.67. The van der Waals surface area contributed by atoms with E-state index in [1.807, 2.05) is 37.3 Å². The summed E-state index contributed by atoms with van der Waals surface area (Å²) >= 11 is 0. The van der Waals surface area contributed by atoms with Crippen LogP contribution in [-0.4, -0.2) is 59.1 Å². The molecule has 1 aromatic carbocycles. The summed E-state index contributed by atoms with van der Waals surface area (Å²) in [7, 11) is 6.18. The van der Waals surface area contributed by atoms with Crippen molar-refractivity contribution in [1.29, 1.82) is 0 Å². The zero-order valence-corrected chi connectivity index (χ0v) is 15.8. The highest BCUT2D eigenvalue weighted by Crippen LogP contribution is 2.15. The molecule has 0 aliphatic heterocycles. The zero-order valence-electron chi connectivity index (χ0n) is 15.8. The second-order valence-corrected chi connectivity index (χ2v) is 7.23. The van der Waals surface area contributed by atoms with Crippen molar-refractivity contribution in [3.63, 3.8) is 0 Å². The first-order valence-electron chi connectivity index (χ1n) is 8.67. The average molecular weight is 359 g/mol. The number of aromatic amines is 1. The average Bonchev–Trinajstić information content (AvgIpc) is 2.57. The van der Waals surface area contributed by atoms with Crippen molar-refractivity contribution >= 4 is 5.71 Å². The van der Waals surface area contributed by atoms with Crippen molar-refractivity contribution in [2.24, 2.45) is 4.99 Å². The highest BCUT2D eigenvalue weighted by atomic mass is 16.3. The maximum absolute atomic E-state index is 12.3. The molecule has 0 spiro atoms. The van der Waals surface area contributed by atoms with Crippen LogP contribution in [0.15, 0.2) is 44.9 Å². The normalized spacial score (nSPS) is 12.4. The number of hydrogen-bond acceptors (Lipinski definition) is 4. The van der Waals surface area contributed by atoms with Crippen molar-refractivity contribution < 1.29 is 9.59 Å². The summed E-state index contributed by atoms with van der Waals surface area (Å²) in [5.41, 5.74) is 0.177. The molecule has 1 heterocycles. The van der Waals surface area contributed by atoms with Gasteiger partial charge in [0.2, 0.25) is 5.88 Å². The molecule has 0 radical (unpaired) electrons. The van der Waals surface area contributed by atoms with Crippen LogP contribution in [0.5, 0.6) is 5.88 Å². The van der Waals surface area contributed by atoms with Gasteiger partial charge in [-0.25, -0.2) is 4.79 Å². The second-order valence-electron chi connectivity index (χ2n) is 7.23. The smallest absolute Gasteiger partial charge is 0.331 e. The van der Waals surface area contributed by atoms with Gasteiger partial charge in [-0.15, -0.1) is 0 Å². The van der Waals surface area contributed by atoms with Crippen LogP contribution in [0, 0.1) is 0 Å². The number of nitrogens with one attached hydrogen (secondary N) is 1. The number of hydrogen-bond donors (Lipinski definition) is 2. The maximum Gasteiger partial charge on any atom is 0.331 e. The van der Waals surface area contributed by atoms with Crippen molar-refractivity contribution in [3.05, 3.63) is 62.3 Å². The minimum absolute atomic E-state index is 0.0736. The van der Waals surface area contributed by atoms with E-state index in [9.17, 15) is 14.7 Å². The van der Waals surface area contributed by atoms with E-state index in [0.717, 1.165) is 21.2 Å². The van der Waals surface area contributed by atoms with E-state index in [1.165, 1.54) is 0 Å². The molecule has 0 aliphatic rings. The molecule has 2 N–H and O–H groups in total. The Morgan fingerprint density at radius 2 is 1.85 bits per heavy atom. The van der Waals surface area contributed by atoms with Gasteiger partial charge in [0.05, 0.1) is 46.5 Å². The standard InChI is InChI=1S/C19H26N4O3/c1-5-15(20-11-12-23(2,3)4)16-17(24)21-19(26)22(18(16)25)13-14-9-7-6-8-10-14/h6-10H,5,11-13H2,1-4H3,(H-,20,21,24,25,26)/p+1. The fraction of sp³-hybridized carbons (Fsp3) is 0.421. The van der Waals surface area contributed by atoms with Crippen LogP contribution in [0.4, 0.5) is 0 Å². The molecule has 0 saturated heterocycles. The van der Waals surface area contributed by atoms with Gasteiger partial charge in [0.25, 0.3) is 5.56 Å². The van der Waals surface area contributed by atoms with Gasteiger partial charge in [0, 0.05) is 0 Å².